The Kier molecular flexibility index (Phi) is 6.05. The Morgan fingerprint density at radius 2 is 2.11 bits per heavy atom. The maximum absolute atomic E-state index is 11.5. The van der Waals surface area contributed by atoms with Gasteiger partial charge in [0.1, 0.15) is 17.1 Å². The average molecular weight is 269 g/mol. The molecule has 0 aliphatic heterocycles. The molecule has 19 heavy (non-hydrogen) atoms. The summed E-state index contributed by atoms with van der Waals surface area (Å²) in [6.45, 7) is 7.21. The van der Waals surface area contributed by atoms with Crippen molar-refractivity contribution < 1.29 is 18.7 Å². The highest BCUT2D eigenvalue weighted by Gasteiger charge is 2.17. The van der Waals surface area contributed by atoms with E-state index < -0.39 is 0 Å². The van der Waals surface area contributed by atoms with E-state index in [1.807, 2.05) is 0 Å². The molecular formula is C14H23NO4. The second kappa shape index (κ2) is 7.31. The number of carbonyl (C=O) groups is 1. The molecule has 0 saturated heterocycles. The summed E-state index contributed by atoms with van der Waals surface area (Å²) >= 11 is 0. The molecule has 1 heterocycles. The highest BCUT2D eigenvalue weighted by Crippen LogP contribution is 2.16. The number of rotatable bonds is 7. The number of nitrogens with one attached hydrogen (secondary N) is 1. The highest BCUT2D eigenvalue weighted by molar-refractivity contribution is 5.90. The number of furan rings is 1. The fourth-order valence-corrected chi connectivity index (χ4v) is 1.84. The lowest BCUT2D eigenvalue weighted by molar-refractivity contribution is 0.0599. The van der Waals surface area contributed by atoms with Crippen molar-refractivity contribution in [2.45, 2.75) is 33.4 Å². The Hall–Kier alpha value is -1.33. The molecule has 0 amide bonds. The molecular weight excluding hydrogens is 246 g/mol. The minimum atomic E-state index is -0.371. The molecule has 5 nitrogen and oxygen atoms in total. The van der Waals surface area contributed by atoms with E-state index in [1.165, 1.54) is 7.11 Å². The summed E-state index contributed by atoms with van der Waals surface area (Å²) in [5.74, 6) is 1.39. The third kappa shape index (κ3) is 4.36. The molecule has 0 bridgehead atoms. The molecule has 0 aliphatic carbocycles. The maximum Gasteiger partial charge on any atom is 0.341 e. The maximum atomic E-state index is 11.5. The summed E-state index contributed by atoms with van der Waals surface area (Å²) in [5.41, 5.74) is 0.479. The Morgan fingerprint density at radius 3 is 2.63 bits per heavy atom. The lowest BCUT2D eigenvalue weighted by atomic mass is 10.1. The molecule has 1 unspecified atom stereocenters. The average Bonchev–Trinajstić information content (AvgIpc) is 2.74. The summed E-state index contributed by atoms with van der Waals surface area (Å²) in [5, 5.41) is 3.36. The second-order valence-electron chi connectivity index (χ2n) is 4.86. The predicted octanol–water partition coefficient (Wildman–Crippen LogP) is 2.14. The van der Waals surface area contributed by atoms with Crippen molar-refractivity contribution in [1.29, 1.82) is 0 Å². The number of ether oxygens (including phenoxy) is 2. The van der Waals surface area contributed by atoms with Crippen molar-refractivity contribution in [3.8, 4) is 0 Å². The van der Waals surface area contributed by atoms with E-state index in [1.54, 1.807) is 20.1 Å². The van der Waals surface area contributed by atoms with Gasteiger partial charge in [0.05, 0.1) is 20.3 Å². The van der Waals surface area contributed by atoms with Crippen molar-refractivity contribution in [2.24, 2.45) is 5.92 Å². The monoisotopic (exact) mass is 269 g/mol. The molecule has 0 spiro atoms. The lowest BCUT2D eigenvalue weighted by Gasteiger charge is -2.20. The lowest BCUT2D eigenvalue weighted by Crippen LogP contribution is -2.37. The number of carbonyl (C=O) groups excluding carboxylic acids is 1. The van der Waals surface area contributed by atoms with E-state index in [2.05, 4.69) is 19.2 Å². The number of esters is 1. The first-order chi connectivity index (χ1) is 8.99. The van der Waals surface area contributed by atoms with Crippen molar-refractivity contribution in [1.82, 2.24) is 5.32 Å². The first-order valence-corrected chi connectivity index (χ1v) is 6.39. The van der Waals surface area contributed by atoms with Gasteiger partial charge in [-0.25, -0.2) is 4.79 Å². The van der Waals surface area contributed by atoms with Gasteiger partial charge in [-0.2, -0.15) is 0 Å². The molecule has 1 aromatic heterocycles. The Morgan fingerprint density at radius 1 is 1.42 bits per heavy atom. The molecule has 0 fully saturated rings. The molecule has 108 valence electrons. The van der Waals surface area contributed by atoms with Gasteiger partial charge in [0.15, 0.2) is 0 Å². The summed E-state index contributed by atoms with van der Waals surface area (Å²) in [4.78, 5) is 11.5. The van der Waals surface area contributed by atoms with E-state index in [-0.39, 0.29) is 12.0 Å². The van der Waals surface area contributed by atoms with Gasteiger partial charge in [0.25, 0.3) is 0 Å². The Balaban J connectivity index is 2.65. The third-order valence-corrected chi connectivity index (χ3v) is 3.06. The molecule has 0 saturated carbocycles. The van der Waals surface area contributed by atoms with Crippen LogP contribution in [0.2, 0.25) is 0 Å². The standard InChI is InChI=1S/C14H23NO4/c1-9(2)13(8-17-4)15-7-11-6-12(10(3)19-11)14(16)18-5/h6,9,13,15H,7-8H2,1-5H3. The zero-order valence-corrected chi connectivity index (χ0v) is 12.3. The largest absolute Gasteiger partial charge is 0.465 e. The zero-order valence-electron chi connectivity index (χ0n) is 12.3. The van der Waals surface area contributed by atoms with Crippen molar-refractivity contribution >= 4 is 5.97 Å². The van der Waals surface area contributed by atoms with Crippen LogP contribution in [-0.2, 0) is 16.0 Å². The van der Waals surface area contributed by atoms with Crippen LogP contribution in [0.3, 0.4) is 0 Å². The molecule has 1 atom stereocenters. The predicted molar refractivity (Wildman–Crippen MR) is 72.1 cm³/mol. The van der Waals surface area contributed by atoms with Gasteiger partial charge in [0, 0.05) is 13.2 Å². The van der Waals surface area contributed by atoms with Gasteiger partial charge in [0.2, 0.25) is 0 Å². The van der Waals surface area contributed by atoms with Gasteiger partial charge in [-0.05, 0) is 18.9 Å². The van der Waals surface area contributed by atoms with Crippen LogP contribution in [0.15, 0.2) is 10.5 Å². The van der Waals surface area contributed by atoms with Crippen LogP contribution in [0.4, 0.5) is 0 Å². The molecule has 0 aromatic carbocycles. The van der Waals surface area contributed by atoms with Crippen LogP contribution in [0.5, 0.6) is 0 Å². The van der Waals surface area contributed by atoms with Crippen LogP contribution in [0.25, 0.3) is 0 Å². The van der Waals surface area contributed by atoms with Crippen LogP contribution in [-0.4, -0.2) is 32.8 Å². The fourth-order valence-electron chi connectivity index (χ4n) is 1.84. The summed E-state index contributed by atoms with van der Waals surface area (Å²) in [6.07, 6.45) is 0. The van der Waals surface area contributed by atoms with Gasteiger partial charge in [-0.3, -0.25) is 0 Å². The Bertz CT molecular complexity index is 412. The first kappa shape index (κ1) is 15.7. The summed E-state index contributed by atoms with van der Waals surface area (Å²) in [6, 6.07) is 1.97. The first-order valence-electron chi connectivity index (χ1n) is 6.39. The smallest absolute Gasteiger partial charge is 0.341 e. The van der Waals surface area contributed by atoms with E-state index >= 15 is 0 Å². The summed E-state index contributed by atoms with van der Waals surface area (Å²) in [7, 11) is 3.05. The number of hydrogen-bond acceptors (Lipinski definition) is 5. The second-order valence-corrected chi connectivity index (χ2v) is 4.86. The van der Waals surface area contributed by atoms with E-state index in [0.717, 1.165) is 5.76 Å². The topological polar surface area (TPSA) is 60.7 Å². The SMILES string of the molecule is COCC(NCc1cc(C(=O)OC)c(C)o1)C(C)C. The van der Waals surface area contributed by atoms with Gasteiger partial charge in [-0.1, -0.05) is 13.8 Å². The number of hydrogen-bond donors (Lipinski definition) is 1. The van der Waals surface area contributed by atoms with Crippen LogP contribution < -0.4 is 5.32 Å². The zero-order chi connectivity index (χ0) is 14.4. The number of aryl methyl sites for hydroxylation is 1. The molecule has 1 N–H and O–H groups in total. The van der Waals surface area contributed by atoms with Gasteiger partial charge in [-0.15, -0.1) is 0 Å². The van der Waals surface area contributed by atoms with Crippen molar-refractivity contribution in [3.63, 3.8) is 0 Å². The van der Waals surface area contributed by atoms with Crippen LogP contribution in [0, 0.1) is 12.8 Å². The van der Waals surface area contributed by atoms with Crippen molar-refractivity contribution in [2.75, 3.05) is 20.8 Å². The van der Waals surface area contributed by atoms with E-state index in [4.69, 9.17) is 13.9 Å². The molecule has 0 radical (unpaired) electrons. The van der Waals surface area contributed by atoms with Crippen molar-refractivity contribution in [3.05, 3.63) is 23.2 Å². The minimum Gasteiger partial charge on any atom is -0.465 e. The summed E-state index contributed by atoms with van der Waals surface area (Å²) < 4.78 is 15.4. The quantitative estimate of drug-likeness (QED) is 0.768. The normalized spacial score (nSPS) is 12.7. The van der Waals surface area contributed by atoms with E-state index in [0.29, 0.717) is 30.4 Å². The van der Waals surface area contributed by atoms with Gasteiger partial charge < -0.3 is 19.2 Å². The fraction of sp³-hybridized carbons (Fsp3) is 0.643. The molecule has 0 aliphatic rings. The minimum absolute atomic E-state index is 0.247. The van der Waals surface area contributed by atoms with Crippen LogP contribution in [0.1, 0.15) is 35.7 Å². The third-order valence-electron chi connectivity index (χ3n) is 3.06. The molecule has 1 rings (SSSR count). The Labute approximate surface area is 114 Å². The van der Waals surface area contributed by atoms with Crippen LogP contribution >= 0.6 is 0 Å². The highest BCUT2D eigenvalue weighted by atomic mass is 16.5. The molecule has 1 aromatic rings. The molecule has 5 heteroatoms. The van der Waals surface area contributed by atoms with Gasteiger partial charge >= 0.3 is 5.97 Å². The number of methoxy groups -OCH3 is 2. The van der Waals surface area contributed by atoms with E-state index in [9.17, 15) is 4.79 Å².